The number of ether oxygens (including phenoxy) is 1. The van der Waals surface area contributed by atoms with Crippen LogP contribution in [0.1, 0.15) is 35.9 Å². The number of anilines is 1. The number of aromatic nitrogens is 3. The monoisotopic (exact) mass is 274 g/mol. The first-order chi connectivity index (χ1) is 9.63. The van der Waals surface area contributed by atoms with E-state index in [0.29, 0.717) is 18.9 Å². The second-order valence-electron chi connectivity index (χ2n) is 4.32. The molecule has 2 aromatic rings. The Kier molecular flexibility index (Phi) is 4.34. The van der Waals surface area contributed by atoms with Crippen LogP contribution in [0.25, 0.3) is 0 Å². The van der Waals surface area contributed by atoms with Crippen molar-refractivity contribution in [2.24, 2.45) is 0 Å². The molecule has 0 radical (unpaired) electrons. The van der Waals surface area contributed by atoms with Crippen LogP contribution in [0.5, 0.6) is 5.75 Å². The van der Waals surface area contributed by atoms with Gasteiger partial charge in [0.25, 0.3) is 5.91 Å². The fourth-order valence-electron chi connectivity index (χ4n) is 1.77. The van der Waals surface area contributed by atoms with Gasteiger partial charge in [0, 0.05) is 12.1 Å². The number of carbonyl (C=O) groups excluding carboxylic acids is 1. The first-order valence-corrected chi connectivity index (χ1v) is 6.60. The Morgan fingerprint density at radius 2 is 2.20 bits per heavy atom. The highest BCUT2D eigenvalue weighted by Gasteiger charge is 2.13. The third-order valence-electron chi connectivity index (χ3n) is 2.83. The molecule has 1 aromatic heterocycles. The Morgan fingerprint density at radius 3 is 2.80 bits per heavy atom. The van der Waals surface area contributed by atoms with Crippen molar-refractivity contribution in [3.8, 4) is 5.75 Å². The largest absolute Gasteiger partial charge is 0.494 e. The van der Waals surface area contributed by atoms with Crippen molar-refractivity contribution >= 4 is 11.6 Å². The molecule has 1 aromatic carbocycles. The number of rotatable bonds is 5. The molecule has 0 aliphatic carbocycles. The summed E-state index contributed by atoms with van der Waals surface area (Å²) in [4.78, 5) is 16.1. The molecule has 6 nitrogen and oxygen atoms in total. The number of hydrogen-bond donors (Lipinski definition) is 2. The highest BCUT2D eigenvalue weighted by Crippen LogP contribution is 2.21. The lowest BCUT2D eigenvalue weighted by atomic mass is 10.2. The molecular weight excluding hydrogens is 256 g/mol. The topological polar surface area (TPSA) is 79.9 Å². The van der Waals surface area contributed by atoms with Crippen molar-refractivity contribution in [1.82, 2.24) is 15.2 Å². The summed E-state index contributed by atoms with van der Waals surface area (Å²) in [5, 5.41) is 9.40. The number of aromatic amines is 1. The van der Waals surface area contributed by atoms with Crippen LogP contribution in [0.3, 0.4) is 0 Å². The highest BCUT2D eigenvalue weighted by atomic mass is 16.5. The lowest BCUT2D eigenvalue weighted by molar-refractivity contribution is 0.101. The minimum Gasteiger partial charge on any atom is -0.494 e. The Bertz CT molecular complexity index is 607. The first kappa shape index (κ1) is 14.0. The first-order valence-electron chi connectivity index (χ1n) is 6.60. The molecule has 2 N–H and O–H groups in total. The van der Waals surface area contributed by atoms with Crippen LogP contribution in [-0.2, 0) is 6.42 Å². The Morgan fingerprint density at radius 1 is 1.40 bits per heavy atom. The molecule has 0 bridgehead atoms. The number of aryl methyl sites for hydroxylation is 2. The van der Waals surface area contributed by atoms with Crippen molar-refractivity contribution < 1.29 is 9.53 Å². The van der Waals surface area contributed by atoms with E-state index in [1.54, 1.807) is 0 Å². The van der Waals surface area contributed by atoms with Gasteiger partial charge in [-0.1, -0.05) is 6.92 Å². The Labute approximate surface area is 117 Å². The van der Waals surface area contributed by atoms with Crippen LogP contribution in [0.15, 0.2) is 18.2 Å². The fraction of sp³-hybridized carbons (Fsp3) is 0.357. The van der Waals surface area contributed by atoms with Gasteiger partial charge in [-0.3, -0.25) is 9.89 Å². The SMILES string of the molecule is CCOc1ccc(NC(=O)c2n[nH]c(CC)n2)c(C)c1. The van der Waals surface area contributed by atoms with Gasteiger partial charge in [0.05, 0.1) is 6.61 Å². The molecule has 1 amide bonds. The quantitative estimate of drug-likeness (QED) is 0.877. The molecule has 2 rings (SSSR count). The van der Waals surface area contributed by atoms with E-state index in [1.807, 2.05) is 39.0 Å². The highest BCUT2D eigenvalue weighted by molar-refractivity contribution is 6.01. The number of benzene rings is 1. The lowest BCUT2D eigenvalue weighted by Gasteiger charge is -2.09. The summed E-state index contributed by atoms with van der Waals surface area (Å²) >= 11 is 0. The normalized spacial score (nSPS) is 10.3. The standard InChI is InChI=1S/C14H18N4O2/c1-4-12-16-13(18-17-12)14(19)15-11-7-6-10(20-5-2)8-9(11)3/h6-8H,4-5H2,1-3H3,(H,15,19)(H,16,17,18). The van der Waals surface area contributed by atoms with Gasteiger partial charge in [-0.15, -0.1) is 5.10 Å². The third kappa shape index (κ3) is 3.14. The van der Waals surface area contributed by atoms with Crippen molar-refractivity contribution in [3.05, 3.63) is 35.4 Å². The number of carbonyl (C=O) groups is 1. The summed E-state index contributed by atoms with van der Waals surface area (Å²) in [6, 6.07) is 5.52. The van der Waals surface area contributed by atoms with E-state index in [9.17, 15) is 4.79 Å². The fourth-order valence-corrected chi connectivity index (χ4v) is 1.77. The number of H-pyrrole nitrogens is 1. The molecule has 0 saturated heterocycles. The molecule has 0 aliphatic heterocycles. The van der Waals surface area contributed by atoms with Gasteiger partial charge < -0.3 is 10.1 Å². The van der Waals surface area contributed by atoms with Gasteiger partial charge in [-0.25, -0.2) is 4.98 Å². The van der Waals surface area contributed by atoms with Gasteiger partial charge >= 0.3 is 0 Å². The number of hydrogen-bond acceptors (Lipinski definition) is 4. The summed E-state index contributed by atoms with van der Waals surface area (Å²) in [6.45, 7) is 6.40. The van der Waals surface area contributed by atoms with Gasteiger partial charge in [0.2, 0.25) is 5.82 Å². The van der Waals surface area contributed by atoms with Crippen molar-refractivity contribution in [3.63, 3.8) is 0 Å². The summed E-state index contributed by atoms with van der Waals surface area (Å²) in [6.07, 6.45) is 0.711. The average molecular weight is 274 g/mol. The molecule has 0 saturated carbocycles. The molecule has 0 fully saturated rings. The molecule has 0 unspecified atom stereocenters. The number of nitrogens with zero attached hydrogens (tertiary/aromatic N) is 2. The van der Waals surface area contributed by atoms with E-state index in [0.717, 1.165) is 17.0 Å². The van der Waals surface area contributed by atoms with Crippen LogP contribution in [0.2, 0.25) is 0 Å². The van der Waals surface area contributed by atoms with Crippen molar-refractivity contribution in [2.75, 3.05) is 11.9 Å². The van der Waals surface area contributed by atoms with E-state index >= 15 is 0 Å². The predicted octanol–water partition coefficient (Wildman–Crippen LogP) is 2.33. The zero-order valence-corrected chi connectivity index (χ0v) is 11.9. The molecule has 20 heavy (non-hydrogen) atoms. The lowest BCUT2D eigenvalue weighted by Crippen LogP contribution is -2.14. The summed E-state index contributed by atoms with van der Waals surface area (Å²) < 4.78 is 5.41. The maximum atomic E-state index is 12.0. The van der Waals surface area contributed by atoms with Gasteiger partial charge in [-0.2, -0.15) is 0 Å². The average Bonchev–Trinajstić information content (AvgIpc) is 2.91. The molecule has 6 heteroatoms. The van der Waals surface area contributed by atoms with Crippen LogP contribution < -0.4 is 10.1 Å². The smallest absolute Gasteiger partial charge is 0.295 e. The predicted molar refractivity (Wildman–Crippen MR) is 76.1 cm³/mol. The van der Waals surface area contributed by atoms with E-state index in [4.69, 9.17) is 4.74 Å². The second-order valence-corrected chi connectivity index (χ2v) is 4.32. The molecule has 1 heterocycles. The molecule has 0 spiro atoms. The summed E-state index contributed by atoms with van der Waals surface area (Å²) in [7, 11) is 0. The summed E-state index contributed by atoms with van der Waals surface area (Å²) in [5.74, 6) is 1.30. The maximum absolute atomic E-state index is 12.0. The second kappa shape index (κ2) is 6.18. The van der Waals surface area contributed by atoms with E-state index in [1.165, 1.54) is 0 Å². The van der Waals surface area contributed by atoms with Gasteiger partial charge in [-0.05, 0) is 37.6 Å². The molecule has 106 valence electrons. The molecule has 0 aliphatic rings. The van der Waals surface area contributed by atoms with Gasteiger partial charge in [0.15, 0.2) is 0 Å². The van der Waals surface area contributed by atoms with E-state index in [-0.39, 0.29) is 11.7 Å². The zero-order chi connectivity index (χ0) is 14.5. The number of nitrogens with one attached hydrogen (secondary N) is 2. The van der Waals surface area contributed by atoms with Crippen molar-refractivity contribution in [1.29, 1.82) is 0 Å². The van der Waals surface area contributed by atoms with Crippen LogP contribution >= 0.6 is 0 Å². The van der Waals surface area contributed by atoms with E-state index < -0.39 is 0 Å². The summed E-state index contributed by atoms with van der Waals surface area (Å²) in [5.41, 5.74) is 1.65. The number of amides is 1. The molecular formula is C14H18N4O2. The maximum Gasteiger partial charge on any atom is 0.295 e. The van der Waals surface area contributed by atoms with Gasteiger partial charge in [0.1, 0.15) is 11.6 Å². The minimum atomic E-state index is -0.326. The minimum absolute atomic E-state index is 0.148. The van der Waals surface area contributed by atoms with Crippen LogP contribution in [0, 0.1) is 6.92 Å². The third-order valence-corrected chi connectivity index (χ3v) is 2.83. The Balaban J connectivity index is 2.11. The zero-order valence-electron chi connectivity index (χ0n) is 11.9. The van der Waals surface area contributed by atoms with Crippen LogP contribution in [-0.4, -0.2) is 27.7 Å². The van der Waals surface area contributed by atoms with E-state index in [2.05, 4.69) is 20.5 Å². The molecule has 0 atom stereocenters. The Hall–Kier alpha value is -2.37. The van der Waals surface area contributed by atoms with Crippen LogP contribution in [0.4, 0.5) is 5.69 Å². The van der Waals surface area contributed by atoms with Crippen molar-refractivity contribution in [2.45, 2.75) is 27.2 Å².